The van der Waals surface area contributed by atoms with Crippen molar-refractivity contribution >= 4 is 0 Å². The van der Waals surface area contributed by atoms with Gasteiger partial charge in [0.25, 0.3) is 11.9 Å². The molecule has 0 aromatic rings. The standard InChI is InChI=1S/C15H26O6/c1-16-14(17-2,18-3)13(15(19-4,20-5)21-6)10-11-7-8-12(13)9-11/h7-8,11-12H,9-10H2,1-6H3. The van der Waals surface area contributed by atoms with Gasteiger partial charge in [0, 0.05) is 42.7 Å². The zero-order valence-electron chi connectivity index (χ0n) is 13.7. The van der Waals surface area contributed by atoms with E-state index in [2.05, 4.69) is 12.2 Å². The lowest BCUT2D eigenvalue weighted by Crippen LogP contribution is -2.68. The Morgan fingerprint density at radius 3 is 1.43 bits per heavy atom. The SMILES string of the molecule is COC(OC)(OC)C1(C(OC)(OC)OC)CC2C=CC1C2. The normalized spacial score (nSPS) is 27.5. The fraction of sp³-hybridized carbons (Fsp3) is 0.867. The van der Waals surface area contributed by atoms with Gasteiger partial charge in [-0.05, 0) is 24.7 Å². The minimum atomic E-state index is -1.33. The Hall–Kier alpha value is -0.500. The summed E-state index contributed by atoms with van der Waals surface area (Å²) in [5.41, 5.74) is -0.782. The molecule has 2 aliphatic carbocycles. The molecule has 1 fully saturated rings. The fourth-order valence-electron chi connectivity index (χ4n) is 4.34. The topological polar surface area (TPSA) is 55.4 Å². The maximum atomic E-state index is 5.67. The van der Waals surface area contributed by atoms with Crippen LogP contribution in [-0.2, 0) is 28.4 Å². The molecule has 2 atom stereocenters. The van der Waals surface area contributed by atoms with E-state index in [0.29, 0.717) is 5.92 Å². The molecule has 2 aliphatic rings. The van der Waals surface area contributed by atoms with Crippen molar-refractivity contribution in [2.45, 2.75) is 24.8 Å². The summed E-state index contributed by atoms with van der Waals surface area (Å²) in [6.45, 7) is 0. The van der Waals surface area contributed by atoms with Crippen molar-refractivity contribution in [1.82, 2.24) is 0 Å². The highest BCUT2D eigenvalue weighted by Gasteiger charge is 2.75. The number of methoxy groups -OCH3 is 6. The summed E-state index contributed by atoms with van der Waals surface area (Å²) in [6.07, 6.45) is 6.04. The van der Waals surface area contributed by atoms with E-state index in [1.807, 2.05) is 0 Å². The van der Waals surface area contributed by atoms with E-state index in [1.165, 1.54) is 0 Å². The first-order valence-corrected chi connectivity index (χ1v) is 7.04. The molecule has 0 heterocycles. The van der Waals surface area contributed by atoms with Crippen molar-refractivity contribution in [2.24, 2.45) is 17.3 Å². The van der Waals surface area contributed by atoms with Gasteiger partial charge < -0.3 is 28.4 Å². The zero-order valence-corrected chi connectivity index (χ0v) is 13.7. The van der Waals surface area contributed by atoms with Gasteiger partial charge in [0.15, 0.2) is 0 Å². The maximum absolute atomic E-state index is 5.67. The smallest absolute Gasteiger partial charge is 0.296 e. The van der Waals surface area contributed by atoms with Crippen molar-refractivity contribution < 1.29 is 28.4 Å². The molecule has 6 heteroatoms. The number of hydrogen-bond acceptors (Lipinski definition) is 6. The molecule has 2 unspecified atom stereocenters. The molecule has 1 saturated carbocycles. The van der Waals surface area contributed by atoms with Crippen LogP contribution in [0.5, 0.6) is 0 Å². The highest BCUT2D eigenvalue weighted by Crippen LogP contribution is 2.64. The van der Waals surface area contributed by atoms with Gasteiger partial charge >= 0.3 is 0 Å². The molecule has 2 rings (SSSR count). The quantitative estimate of drug-likeness (QED) is 0.503. The van der Waals surface area contributed by atoms with Crippen LogP contribution >= 0.6 is 0 Å². The summed E-state index contributed by atoms with van der Waals surface area (Å²) in [5.74, 6) is -2.17. The van der Waals surface area contributed by atoms with Gasteiger partial charge in [-0.2, -0.15) is 0 Å². The van der Waals surface area contributed by atoms with Crippen LogP contribution in [0, 0.1) is 17.3 Å². The third-order valence-corrected chi connectivity index (χ3v) is 5.09. The van der Waals surface area contributed by atoms with Gasteiger partial charge in [-0.3, -0.25) is 0 Å². The fourth-order valence-corrected chi connectivity index (χ4v) is 4.34. The van der Waals surface area contributed by atoms with Crippen molar-refractivity contribution in [3.8, 4) is 0 Å². The highest BCUT2D eigenvalue weighted by molar-refractivity contribution is 5.20. The zero-order chi connectivity index (χ0) is 15.7. The van der Waals surface area contributed by atoms with Gasteiger partial charge in [-0.25, -0.2) is 0 Å². The predicted octanol–water partition coefficient (Wildman–Crippen LogP) is 1.75. The summed E-state index contributed by atoms with van der Waals surface area (Å²) in [4.78, 5) is 0. The Bertz CT molecular complexity index is 349. The van der Waals surface area contributed by atoms with E-state index in [4.69, 9.17) is 28.4 Å². The van der Waals surface area contributed by atoms with E-state index in [9.17, 15) is 0 Å². The average Bonchev–Trinajstić information content (AvgIpc) is 3.14. The summed E-state index contributed by atoms with van der Waals surface area (Å²) in [5, 5.41) is 0. The summed E-state index contributed by atoms with van der Waals surface area (Å²) in [7, 11) is 9.31. The second-order valence-electron chi connectivity index (χ2n) is 5.50. The van der Waals surface area contributed by atoms with Crippen LogP contribution < -0.4 is 0 Å². The van der Waals surface area contributed by atoms with Crippen LogP contribution in [0.2, 0.25) is 0 Å². The second kappa shape index (κ2) is 5.95. The van der Waals surface area contributed by atoms with Gasteiger partial charge in [0.05, 0.1) is 0 Å². The molecule has 0 aliphatic heterocycles. The molecule has 0 radical (unpaired) electrons. The number of hydrogen-bond donors (Lipinski definition) is 0. The van der Waals surface area contributed by atoms with Gasteiger partial charge in [0.2, 0.25) is 0 Å². The van der Waals surface area contributed by atoms with E-state index < -0.39 is 17.4 Å². The molecule has 21 heavy (non-hydrogen) atoms. The van der Waals surface area contributed by atoms with Crippen LogP contribution in [0.3, 0.4) is 0 Å². The lowest BCUT2D eigenvalue weighted by molar-refractivity contribution is -0.511. The number of rotatable bonds is 8. The summed E-state index contributed by atoms with van der Waals surface area (Å²) < 4.78 is 34.0. The maximum Gasteiger partial charge on any atom is 0.296 e. The molecule has 6 nitrogen and oxygen atoms in total. The second-order valence-corrected chi connectivity index (χ2v) is 5.50. The Balaban J connectivity index is 2.64. The molecular weight excluding hydrogens is 276 g/mol. The van der Waals surface area contributed by atoms with Crippen molar-refractivity contribution in [2.75, 3.05) is 42.7 Å². The average molecular weight is 302 g/mol. The molecule has 2 bridgehead atoms. The van der Waals surface area contributed by atoms with E-state index in [-0.39, 0.29) is 5.92 Å². The van der Waals surface area contributed by atoms with Gasteiger partial charge in [-0.1, -0.05) is 12.2 Å². The lowest BCUT2D eigenvalue weighted by Gasteiger charge is -2.55. The van der Waals surface area contributed by atoms with E-state index >= 15 is 0 Å². The Labute approximate surface area is 126 Å². The largest absolute Gasteiger partial charge is 0.330 e. The predicted molar refractivity (Wildman–Crippen MR) is 75.3 cm³/mol. The first-order valence-electron chi connectivity index (χ1n) is 7.04. The summed E-state index contributed by atoms with van der Waals surface area (Å²) >= 11 is 0. The monoisotopic (exact) mass is 302 g/mol. The third-order valence-electron chi connectivity index (χ3n) is 5.09. The minimum absolute atomic E-state index is 0.0993. The number of ether oxygens (including phenoxy) is 6. The van der Waals surface area contributed by atoms with Crippen LogP contribution in [-0.4, -0.2) is 54.6 Å². The van der Waals surface area contributed by atoms with Crippen molar-refractivity contribution in [1.29, 1.82) is 0 Å². The highest BCUT2D eigenvalue weighted by atomic mass is 16.9. The van der Waals surface area contributed by atoms with Crippen LogP contribution in [0.15, 0.2) is 12.2 Å². The Kier molecular flexibility index (Phi) is 4.78. The molecule has 0 aromatic carbocycles. The molecule has 0 spiro atoms. The minimum Gasteiger partial charge on any atom is -0.330 e. The Morgan fingerprint density at radius 2 is 1.19 bits per heavy atom. The van der Waals surface area contributed by atoms with E-state index in [0.717, 1.165) is 12.8 Å². The lowest BCUT2D eigenvalue weighted by atomic mass is 9.70. The van der Waals surface area contributed by atoms with Crippen LogP contribution in [0.1, 0.15) is 12.8 Å². The molecule has 0 saturated heterocycles. The van der Waals surface area contributed by atoms with Gasteiger partial charge in [-0.15, -0.1) is 0 Å². The molecule has 0 aromatic heterocycles. The van der Waals surface area contributed by atoms with Crippen molar-refractivity contribution in [3.63, 3.8) is 0 Å². The Morgan fingerprint density at radius 1 is 0.762 bits per heavy atom. The number of fused-ring (bicyclic) bond motifs is 2. The third kappa shape index (κ3) is 1.94. The van der Waals surface area contributed by atoms with Crippen molar-refractivity contribution in [3.05, 3.63) is 12.2 Å². The van der Waals surface area contributed by atoms with E-state index in [1.54, 1.807) is 42.7 Å². The van der Waals surface area contributed by atoms with Gasteiger partial charge in [0.1, 0.15) is 5.41 Å². The van der Waals surface area contributed by atoms with Crippen LogP contribution in [0.25, 0.3) is 0 Å². The molecule has 122 valence electrons. The molecule has 0 N–H and O–H groups in total. The first kappa shape index (κ1) is 16.9. The summed E-state index contributed by atoms with van der Waals surface area (Å²) in [6, 6.07) is 0. The first-order chi connectivity index (χ1) is 10.0. The molecular formula is C15H26O6. The van der Waals surface area contributed by atoms with Crippen LogP contribution in [0.4, 0.5) is 0 Å². The number of allylic oxidation sites excluding steroid dienone is 2. The molecule has 0 amide bonds.